The zero-order chi connectivity index (χ0) is 18.6. The molecular formula is C21H25N5O. The van der Waals surface area contributed by atoms with Crippen molar-refractivity contribution in [1.82, 2.24) is 19.7 Å². The van der Waals surface area contributed by atoms with Crippen LogP contribution in [-0.4, -0.2) is 32.4 Å². The van der Waals surface area contributed by atoms with Crippen LogP contribution >= 0.6 is 0 Å². The van der Waals surface area contributed by atoms with Gasteiger partial charge in [0.2, 0.25) is 0 Å². The molecule has 1 aliphatic rings. The number of hydrogen-bond acceptors (Lipinski definition) is 5. The van der Waals surface area contributed by atoms with Gasteiger partial charge in [0.25, 0.3) is 0 Å². The molecule has 27 heavy (non-hydrogen) atoms. The monoisotopic (exact) mass is 363 g/mol. The first-order valence-electron chi connectivity index (χ1n) is 9.50. The second kappa shape index (κ2) is 7.88. The lowest BCUT2D eigenvalue weighted by atomic mass is 9.87. The van der Waals surface area contributed by atoms with E-state index in [1.54, 1.807) is 12.5 Å². The molecular weight excluding hydrogens is 338 g/mol. The Kier molecular flexibility index (Phi) is 5.16. The van der Waals surface area contributed by atoms with E-state index in [2.05, 4.69) is 34.1 Å². The van der Waals surface area contributed by atoms with Gasteiger partial charge in [-0.05, 0) is 50.2 Å². The molecule has 0 spiro atoms. The number of nitrogens with two attached hydrogens (primary N) is 1. The lowest BCUT2D eigenvalue weighted by Gasteiger charge is -2.26. The van der Waals surface area contributed by atoms with Gasteiger partial charge in [-0.2, -0.15) is 5.10 Å². The normalized spacial score (nSPS) is 19.8. The summed E-state index contributed by atoms with van der Waals surface area (Å²) < 4.78 is 7.98. The van der Waals surface area contributed by atoms with Crippen LogP contribution in [0.5, 0.6) is 5.75 Å². The molecule has 140 valence electrons. The van der Waals surface area contributed by atoms with Gasteiger partial charge in [0.15, 0.2) is 5.75 Å². The van der Waals surface area contributed by atoms with Crippen molar-refractivity contribution in [1.29, 1.82) is 0 Å². The van der Waals surface area contributed by atoms with E-state index in [1.165, 1.54) is 5.56 Å². The van der Waals surface area contributed by atoms with Crippen molar-refractivity contribution in [2.75, 3.05) is 6.61 Å². The first kappa shape index (κ1) is 17.7. The fourth-order valence-electron chi connectivity index (χ4n) is 3.60. The largest absolute Gasteiger partial charge is 0.489 e. The Morgan fingerprint density at radius 1 is 1.15 bits per heavy atom. The van der Waals surface area contributed by atoms with Gasteiger partial charge < -0.3 is 10.5 Å². The third-order valence-corrected chi connectivity index (χ3v) is 5.26. The van der Waals surface area contributed by atoms with Gasteiger partial charge in [-0.1, -0.05) is 18.2 Å². The summed E-state index contributed by atoms with van der Waals surface area (Å²) >= 11 is 0. The molecule has 0 atom stereocenters. The fraction of sp³-hybridized carbons (Fsp3) is 0.381. The van der Waals surface area contributed by atoms with E-state index in [9.17, 15) is 0 Å². The van der Waals surface area contributed by atoms with Gasteiger partial charge in [0, 0.05) is 17.8 Å². The van der Waals surface area contributed by atoms with Crippen molar-refractivity contribution in [3.8, 4) is 22.7 Å². The highest BCUT2D eigenvalue weighted by atomic mass is 16.5. The van der Waals surface area contributed by atoms with E-state index >= 15 is 0 Å². The van der Waals surface area contributed by atoms with Gasteiger partial charge in [-0.3, -0.25) is 0 Å². The van der Waals surface area contributed by atoms with Gasteiger partial charge in [0.05, 0.1) is 24.7 Å². The van der Waals surface area contributed by atoms with Crippen molar-refractivity contribution in [3.05, 3.63) is 54.7 Å². The topological polar surface area (TPSA) is 78.8 Å². The molecule has 1 aliphatic carbocycles. The number of nitrogens with zero attached hydrogens (tertiary/aromatic N) is 4. The third kappa shape index (κ3) is 4.01. The molecule has 0 bridgehead atoms. The van der Waals surface area contributed by atoms with Crippen LogP contribution in [-0.2, 0) is 0 Å². The Hall–Kier alpha value is -2.73. The van der Waals surface area contributed by atoms with Crippen LogP contribution in [0.3, 0.4) is 0 Å². The average molecular weight is 363 g/mol. The van der Waals surface area contributed by atoms with Crippen molar-refractivity contribution in [2.24, 2.45) is 11.7 Å². The van der Waals surface area contributed by atoms with E-state index in [4.69, 9.17) is 10.5 Å². The Balaban J connectivity index is 1.52. The summed E-state index contributed by atoms with van der Waals surface area (Å²) in [7, 11) is 0. The molecule has 2 aromatic heterocycles. The molecule has 6 heteroatoms. The molecule has 0 saturated heterocycles. The Morgan fingerprint density at radius 2 is 1.96 bits per heavy atom. The molecule has 0 aliphatic heterocycles. The predicted molar refractivity (Wildman–Crippen MR) is 105 cm³/mol. The maximum atomic E-state index is 6.10. The van der Waals surface area contributed by atoms with Crippen LogP contribution in [0.15, 0.2) is 49.2 Å². The number of benzene rings is 1. The fourth-order valence-corrected chi connectivity index (χ4v) is 3.60. The zero-order valence-electron chi connectivity index (χ0n) is 15.6. The Morgan fingerprint density at radius 3 is 2.78 bits per heavy atom. The molecule has 4 rings (SSSR count). The molecule has 6 nitrogen and oxygen atoms in total. The molecule has 1 saturated carbocycles. The standard InChI is InChI=1S/C21H25N5O/c1-15-4-2-3-5-19(15)26-12-17(10-25-26)21-20(11-23-14-24-21)27-13-16-6-8-18(22)9-7-16/h2-5,10-12,14,16,18H,6-9,13,22H2,1H3. The smallest absolute Gasteiger partial charge is 0.163 e. The van der Waals surface area contributed by atoms with E-state index < -0.39 is 0 Å². The number of para-hydroxylation sites is 1. The van der Waals surface area contributed by atoms with Crippen LogP contribution in [0.1, 0.15) is 31.2 Å². The highest BCUT2D eigenvalue weighted by Gasteiger charge is 2.20. The molecule has 2 heterocycles. The van der Waals surface area contributed by atoms with Gasteiger partial charge in [0.1, 0.15) is 12.0 Å². The number of hydrogen-bond donors (Lipinski definition) is 1. The first-order chi connectivity index (χ1) is 13.2. The summed E-state index contributed by atoms with van der Waals surface area (Å²) in [6.45, 7) is 2.75. The minimum absolute atomic E-state index is 0.351. The maximum Gasteiger partial charge on any atom is 0.163 e. The van der Waals surface area contributed by atoms with E-state index in [0.29, 0.717) is 24.3 Å². The van der Waals surface area contributed by atoms with Crippen LogP contribution in [0, 0.1) is 12.8 Å². The third-order valence-electron chi connectivity index (χ3n) is 5.26. The van der Waals surface area contributed by atoms with Crippen molar-refractivity contribution >= 4 is 0 Å². The quantitative estimate of drug-likeness (QED) is 0.750. The second-order valence-corrected chi connectivity index (χ2v) is 7.29. The predicted octanol–water partition coefficient (Wildman–Crippen LogP) is 3.53. The molecule has 0 amide bonds. The molecule has 1 fully saturated rings. The van der Waals surface area contributed by atoms with Crippen molar-refractivity contribution in [3.63, 3.8) is 0 Å². The van der Waals surface area contributed by atoms with Gasteiger partial charge >= 0.3 is 0 Å². The van der Waals surface area contributed by atoms with E-state index in [1.807, 2.05) is 29.2 Å². The highest BCUT2D eigenvalue weighted by molar-refractivity contribution is 5.64. The lowest BCUT2D eigenvalue weighted by molar-refractivity contribution is 0.200. The molecule has 1 aromatic carbocycles. The number of aromatic nitrogens is 4. The Labute approximate surface area is 159 Å². The van der Waals surface area contributed by atoms with Gasteiger partial charge in [-0.15, -0.1) is 0 Å². The highest BCUT2D eigenvalue weighted by Crippen LogP contribution is 2.29. The lowest BCUT2D eigenvalue weighted by Crippen LogP contribution is -2.28. The summed E-state index contributed by atoms with van der Waals surface area (Å²) in [5.41, 5.74) is 9.91. The Bertz CT molecular complexity index is 899. The SMILES string of the molecule is Cc1ccccc1-n1cc(-c2ncncc2OCC2CCC(N)CC2)cn1. The maximum absolute atomic E-state index is 6.10. The van der Waals surface area contributed by atoms with Crippen LogP contribution < -0.4 is 10.5 Å². The van der Waals surface area contributed by atoms with Crippen molar-refractivity contribution < 1.29 is 4.74 Å². The summed E-state index contributed by atoms with van der Waals surface area (Å²) in [6, 6.07) is 8.52. The second-order valence-electron chi connectivity index (χ2n) is 7.29. The first-order valence-corrected chi connectivity index (χ1v) is 9.50. The zero-order valence-corrected chi connectivity index (χ0v) is 15.6. The minimum atomic E-state index is 0.351. The molecule has 0 unspecified atom stereocenters. The van der Waals surface area contributed by atoms with E-state index in [-0.39, 0.29) is 0 Å². The van der Waals surface area contributed by atoms with Gasteiger partial charge in [-0.25, -0.2) is 14.6 Å². The summed E-state index contributed by atoms with van der Waals surface area (Å²) in [6.07, 6.45) is 11.5. The van der Waals surface area contributed by atoms with Crippen LogP contribution in [0.25, 0.3) is 16.9 Å². The average Bonchev–Trinajstić information content (AvgIpc) is 3.18. The summed E-state index contributed by atoms with van der Waals surface area (Å²) in [5.74, 6) is 1.25. The minimum Gasteiger partial charge on any atom is -0.489 e. The molecule has 3 aromatic rings. The van der Waals surface area contributed by atoms with Crippen LogP contribution in [0.4, 0.5) is 0 Å². The number of ether oxygens (including phenoxy) is 1. The number of rotatable bonds is 5. The number of aryl methyl sites for hydroxylation is 1. The molecule has 2 N–H and O–H groups in total. The summed E-state index contributed by atoms with van der Waals surface area (Å²) in [4.78, 5) is 8.59. The summed E-state index contributed by atoms with van der Waals surface area (Å²) in [5, 5.41) is 4.51. The molecule has 0 radical (unpaired) electrons. The van der Waals surface area contributed by atoms with Crippen LogP contribution in [0.2, 0.25) is 0 Å². The van der Waals surface area contributed by atoms with Crippen molar-refractivity contribution in [2.45, 2.75) is 38.6 Å². The van der Waals surface area contributed by atoms with E-state index in [0.717, 1.165) is 42.6 Å².